The van der Waals surface area contributed by atoms with Crippen LogP contribution in [0.1, 0.15) is 5.56 Å². The van der Waals surface area contributed by atoms with E-state index in [4.69, 9.17) is 11.6 Å². The predicted molar refractivity (Wildman–Crippen MR) is 63.6 cm³/mol. The van der Waals surface area contributed by atoms with E-state index in [9.17, 15) is 4.79 Å². The second-order valence-corrected chi connectivity index (χ2v) is 4.12. The molecule has 0 unspecified atom stereocenters. The molecule has 0 fully saturated rings. The summed E-state index contributed by atoms with van der Waals surface area (Å²) < 4.78 is 6.62. The van der Waals surface area contributed by atoms with Crippen molar-refractivity contribution in [2.75, 3.05) is 7.11 Å². The number of rotatable bonds is 2. The molecule has 84 valence electrons. The third-order valence-electron chi connectivity index (χ3n) is 2.60. The highest BCUT2D eigenvalue weighted by molar-refractivity contribution is 6.31. The number of aryl methyl sites for hydroxylation is 1. The van der Waals surface area contributed by atoms with Crippen molar-refractivity contribution < 1.29 is 9.53 Å². The van der Waals surface area contributed by atoms with Crippen molar-refractivity contribution in [2.24, 2.45) is 7.05 Å². The van der Waals surface area contributed by atoms with E-state index in [1.54, 1.807) is 0 Å². The molecule has 1 aromatic carbocycles. The van der Waals surface area contributed by atoms with E-state index in [2.05, 4.69) is 4.74 Å². The first-order valence-corrected chi connectivity index (χ1v) is 5.30. The van der Waals surface area contributed by atoms with Crippen molar-refractivity contribution >= 4 is 28.5 Å². The van der Waals surface area contributed by atoms with E-state index in [1.807, 2.05) is 36.0 Å². The molecule has 0 saturated heterocycles. The largest absolute Gasteiger partial charge is 0.469 e. The zero-order chi connectivity index (χ0) is 11.7. The topological polar surface area (TPSA) is 31.2 Å². The molecule has 0 amide bonds. The average molecular weight is 238 g/mol. The molecule has 0 saturated carbocycles. The molecule has 2 rings (SSSR count). The molecule has 0 aliphatic carbocycles. The fraction of sp³-hybridized carbons (Fsp3) is 0.250. The predicted octanol–water partition coefficient (Wildman–Crippen LogP) is 2.55. The maximum Gasteiger partial charge on any atom is 0.310 e. The van der Waals surface area contributed by atoms with Crippen LogP contribution in [0.25, 0.3) is 10.9 Å². The number of carbonyl (C=O) groups excluding carboxylic acids is 1. The van der Waals surface area contributed by atoms with E-state index < -0.39 is 0 Å². The van der Waals surface area contributed by atoms with Crippen LogP contribution in [-0.4, -0.2) is 17.6 Å². The Bertz CT molecular complexity index is 545. The zero-order valence-corrected chi connectivity index (χ0v) is 9.91. The molecule has 0 aliphatic heterocycles. The number of methoxy groups -OCH3 is 1. The summed E-state index contributed by atoms with van der Waals surface area (Å²) in [4.78, 5) is 11.2. The highest BCUT2D eigenvalue weighted by Crippen LogP contribution is 2.24. The third kappa shape index (κ3) is 1.91. The van der Waals surface area contributed by atoms with Gasteiger partial charge < -0.3 is 9.30 Å². The molecular formula is C12H12ClNO2. The Morgan fingerprint density at radius 2 is 2.25 bits per heavy atom. The van der Waals surface area contributed by atoms with E-state index in [-0.39, 0.29) is 12.4 Å². The van der Waals surface area contributed by atoms with Crippen molar-refractivity contribution in [3.05, 3.63) is 35.0 Å². The molecule has 0 N–H and O–H groups in total. The minimum absolute atomic E-state index is 0.234. The van der Waals surface area contributed by atoms with Gasteiger partial charge in [0, 0.05) is 29.2 Å². The van der Waals surface area contributed by atoms with Gasteiger partial charge in [-0.1, -0.05) is 17.7 Å². The zero-order valence-electron chi connectivity index (χ0n) is 9.16. The number of esters is 1. The lowest BCUT2D eigenvalue weighted by Gasteiger charge is -1.98. The van der Waals surface area contributed by atoms with Gasteiger partial charge >= 0.3 is 5.97 Å². The molecule has 3 nitrogen and oxygen atoms in total. The monoisotopic (exact) mass is 237 g/mol. The van der Waals surface area contributed by atoms with E-state index in [1.165, 1.54) is 7.11 Å². The van der Waals surface area contributed by atoms with Gasteiger partial charge in [-0.2, -0.15) is 0 Å². The minimum Gasteiger partial charge on any atom is -0.469 e. The Morgan fingerprint density at radius 3 is 2.94 bits per heavy atom. The second-order valence-electron chi connectivity index (χ2n) is 3.68. The van der Waals surface area contributed by atoms with Crippen molar-refractivity contribution in [1.29, 1.82) is 0 Å². The lowest BCUT2D eigenvalue weighted by Crippen LogP contribution is -2.03. The van der Waals surface area contributed by atoms with E-state index in [0.29, 0.717) is 5.02 Å². The van der Waals surface area contributed by atoms with Crippen LogP contribution < -0.4 is 0 Å². The summed E-state index contributed by atoms with van der Waals surface area (Å²) in [7, 11) is 3.32. The summed E-state index contributed by atoms with van der Waals surface area (Å²) in [5, 5.41) is 1.73. The number of ether oxygens (including phenoxy) is 1. The van der Waals surface area contributed by atoms with Gasteiger partial charge in [-0.25, -0.2) is 0 Å². The quantitative estimate of drug-likeness (QED) is 0.752. The fourth-order valence-electron chi connectivity index (χ4n) is 1.81. The smallest absolute Gasteiger partial charge is 0.310 e. The fourth-order valence-corrected chi connectivity index (χ4v) is 1.98. The van der Waals surface area contributed by atoms with Crippen LogP contribution in [0, 0.1) is 0 Å². The number of aromatic nitrogens is 1. The standard InChI is InChI=1S/C12H12ClNO2/c1-14-7-8(5-12(15)16-2)10-4-3-9(13)6-11(10)14/h3-4,6-7H,5H2,1-2H3. The van der Waals surface area contributed by atoms with E-state index >= 15 is 0 Å². The van der Waals surface area contributed by atoms with Gasteiger partial charge in [-0.3, -0.25) is 4.79 Å². The maximum atomic E-state index is 11.2. The van der Waals surface area contributed by atoms with Gasteiger partial charge in [0.25, 0.3) is 0 Å². The molecule has 0 atom stereocenters. The summed E-state index contributed by atoms with van der Waals surface area (Å²) in [6.07, 6.45) is 2.22. The molecule has 0 radical (unpaired) electrons. The number of benzene rings is 1. The summed E-state index contributed by atoms with van der Waals surface area (Å²) in [6.45, 7) is 0. The highest BCUT2D eigenvalue weighted by atomic mass is 35.5. The minimum atomic E-state index is -0.234. The molecule has 1 heterocycles. The Balaban J connectivity index is 2.51. The van der Waals surface area contributed by atoms with Crippen molar-refractivity contribution in [3.8, 4) is 0 Å². The number of halogens is 1. The molecule has 0 aliphatic rings. The van der Waals surface area contributed by atoms with E-state index in [0.717, 1.165) is 16.5 Å². The van der Waals surface area contributed by atoms with Gasteiger partial charge in [0.1, 0.15) is 0 Å². The van der Waals surface area contributed by atoms with Gasteiger partial charge in [0.2, 0.25) is 0 Å². The third-order valence-corrected chi connectivity index (χ3v) is 2.83. The van der Waals surface area contributed by atoms with Crippen molar-refractivity contribution in [2.45, 2.75) is 6.42 Å². The lowest BCUT2D eigenvalue weighted by atomic mass is 10.1. The van der Waals surface area contributed by atoms with Crippen LogP contribution >= 0.6 is 11.6 Å². The van der Waals surface area contributed by atoms with Crippen LogP contribution in [0.3, 0.4) is 0 Å². The highest BCUT2D eigenvalue weighted by Gasteiger charge is 2.10. The summed E-state index contributed by atoms with van der Waals surface area (Å²) in [6, 6.07) is 5.64. The van der Waals surface area contributed by atoms with Gasteiger partial charge in [-0.05, 0) is 17.7 Å². The normalized spacial score (nSPS) is 10.7. The van der Waals surface area contributed by atoms with Gasteiger partial charge in [0.15, 0.2) is 0 Å². The molecular weight excluding hydrogens is 226 g/mol. The first-order valence-electron chi connectivity index (χ1n) is 4.92. The SMILES string of the molecule is COC(=O)Cc1cn(C)c2cc(Cl)ccc12. The lowest BCUT2D eigenvalue weighted by molar-refractivity contribution is -0.139. The average Bonchev–Trinajstić information content (AvgIpc) is 2.55. The summed E-state index contributed by atoms with van der Waals surface area (Å²) in [5.74, 6) is -0.234. The van der Waals surface area contributed by atoms with Crippen LogP contribution in [-0.2, 0) is 23.0 Å². The van der Waals surface area contributed by atoms with Crippen molar-refractivity contribution in [3.63, 3.8) is 0 Å². The number of hydrogen-bond donors (Lipinski definition) is 0. The molecule has 16 heavy (non-hydrogen) atoms. The Labute approximate surface area is 98.6 Å². The molecule has 4 heteroatoms. The van der Waals surface area contributed by atoms with Gasteiger partial charge in [-0.15, -0.1) is 0 Å². The van der Waals surface area contributed by atoms with Crippen LogP contribution in [0.4, 0.5) is 0 Å². The van der Waals surface area contributed by atoms with Gasteiger partial charge in [0.05, 0.1) is 13.5 Å². The number of carbonyl (C=O) groups is 1. The first-order chi connectivity index (χ1) is 7.61. The Morgan fingerprint density at radius 1 is 1.50 bits per heavy atom. The number of fused-ring (bicyclic) bond motifs is 1. The molecule has 2 aromatic rings. The summed E-state index contributed by atoms with van der Waals surface area (Å²) in [5.41, 5.74) is 1.98. The van der Waals surface area contributed by atoms with Crippen LogP contribution in [0.2, 0.25) is 5.02 Å². The molecule has 0 bridgehead atoms. The van der Waals surface area contributed by atoms with Crippen molar-refractivity contribution in [1.82, 2.24) is 4.57 Å². The van der Waals surface area contributed by atoms with Crippen LogP contribution in [0.5, 0.6) is 0 Å². The second kappa shape index (κ2) is 4.18. The maximum absolute atomic E-state index is 11.2. The number of hydrogen-bond acceptors (Lipinski definition) is 2. The Hall–Kier alpha value is -1.48. The molecule has 0 spiro atoms. The Kier molecular flexibility index (Phi) is 2.88. The number of nitrogens with zero attached hydrogens (tertiary/aromatic N) is 1. The molecule has 1 aromatic heterocycles. The first kappa shape index (κ1) is 11.0. The van der Waals surface area contributed by atoms with Crippen LogP contribution in [0.15, 0.2) is 24.4 Å². The summed E-state index contributed by atoms with van der Waals surface area (Å²) >= 11 is 5.93.